The zero-order valence-electron chi connectivity index (χ0n) is 9.53. The van der Waals surface area contributed by atoms with Crippen molar-refractivity contribution in [3.8, 4) is 11.8 Å². The molecule has 2 rings (SSSR count). The van der Waals surface area contributed by atoms with Crippen LogP contribution in [0, 0.1) is 11.3 Å². The van der Waals surface area contributed by atoms with E-state index in [-0.39, 0.29) is 6.61 Å². The van der Waals surface area contributed by atoms with Crippen molar-refractivity contribution in [1.29, 1.82) is 5.26 Å². The molecule has 0 aliphatic heterocycles. The topological polar surface area (TPSA) is 45.9 Å². The van der Waals surface area contributed by atoms with Crippen molar-refractivity contribution in [3.63, 3.8) is 0 Å². The van der Waals surface area contributed by atoms with Crippen molar-refractivity contribution in [2.75, 3.05) is 0 Å². The molecule has 2 aromatic rings. The second kappa shape index (κ2) is 6.51. The average molecular weight is 447 g/mol. The van der Waals surface area contributed by atoms with E-state index in [0.717, 1.165) is 19.0 Å². The molecule has 1 aromatic carbocycles. The minimum absolute atomic E-state index is 0.287. The largest absolute Gasteiger partial charge is 0.486 e. The first-order chi connectivity index (χ1) is 9.11. The van der Waals surface area contributed by atoms with Gasteiger partial charge in [-0.3, -0.25) is 0 Å². The number of nitriles is 1. The number of benzene rings is 1. The van der Waals surface area contributed by atoms with E-state index in [2.05, 4.69) is 52.8 Å². The predicted molar refractivity (Wildman–Crippen MR) is 82.8 cm³/mol. The maximum Gasteiger partial charge on any atom is 0.148 e. The van der Waals surface area contributed by atoms with Gasteiger partial charge in [0.1, 0.15) is 24.1 Å². The Labute approximate surface area is 136 Å². The lowest BCUT2D eigenvalue weighted by Crippen LogP contribution is -2.00. The Morgan fingerprint density at radius 1 is 1.21 bits per heavy atom. The molecule has 1 heterocycles. The monoisotopic (exact) mass is 444 g/mol. The molecule has 1 aromatic heterocycles. The highest BCUT2D eigenvalue weighted by molar-refractivity contribution is 9.11. The van der Waals surface area contributed by atoms with Gasteiger partial charge in [0.2, 0.25) is 0 Å². The zero-order chi connectivity index (χ0) is 13.8. The Morgan fingerprint density at radius 2 is 1.89 bits per heavy atom. The number of ether oxygens (including phenoxy) is 1. The first-order valence-corrected chi connectivity index (χ1v) is 7.61. The molecule has 0 N–H and O–H groups in total. The van der Waals surface area contributed by atoms with E-state index >= 15 is 0 Å². The van der Waals surface area contributed by atoms with E-state index in [0.29, 0.717) is 11.4 Å². The summed E-state index contributed by atoms with van der Waals surface area (Å²) in [5.41, 5.74) is 1.14. The predicted octanol–water partition coefficient (Wildman–Crippen LogP) is 4.82. The summed E-state index contributed by atoms with van der Waals surface area (Å²) in [6.07, 6.45) is 1.59. The van der Waals surface area contributed by atoms with Crippen LogP contribution in [0.25, 0.3) is 0 Å². The molecule has 0 amide bonds. The van der Waals surface area contributed by atoms with Crippen LogP contribution in [-0.2, 0) is 6.61 Å². The third-order valence-corrected chi connectivity index (χ3v) is 3.97. The van der Waals surface area contributed by atoms with Gasteiger partial charge in [0.05, 0.1) is 8.95 Å². The van der Waals surface area contributed by atoms with Gasteiger partial charge >= 0.3 is 0 Å². The Balaban J connectivity index is 2.22. The van der Waals surface area contributed by atoms with E-state index in [1.165, 1.54) is 0 Å². The highest BCUT2D eigenvalue weighted by atomic mass is 79.9. The Bertz CT molecular complexity index is 630. The number of pyridine rings is 1. The highest BCUT2D eigenvalue weighted by Crippen LogP contribution is 2.36. The molecule has 96 valence electrons. The molecule has 0 atom stereocenters. The fourth-order valence-corrected chi connectivity index (χ4v) is 3.96. The molecule has 0 bridgehead atoms. The van der Waals surface area contributed by atoms with Crippen molar-refractivity contribution in [2.24, 2.45) is 0 Å². The molecule has 19 heavy (non-hydrogen) atoms. The standard InChI is InChI=1S/C13H7Br3N2O/c14-9-4-10(15)13(11(16)5-9)19-7-8-2-1-3-18-12(8)6-17/h1-5H,7H2. The number of halogens is 3. The average Bonchev–Trinajstić information content (AvgIpc) is 2.38. The van der Waals surface area contributed by atoms with Crippen LogP contribution in [0.1, 0.15) is 11.3 Å². The van der Waals surface area contributed by atoms with Gasteiger partial charge in [0.25, 0.3) is 0 Å². The van der Waals surface area contributed by atoms with Crippen LogP contribution in [0.15, 0.2) is 43.9 Å². The van der Waals surface area contributed by atoms with Gasteiger partial charge in [0.15, 0.2) is 0 Å². The van der Waals surface area contributed by atoms with E-state index < -0.39 is 0 Å². The third-order valence-electron chi connectivity index (χ3n) is 2.33. The first-order valence-electron chi connectivity index (χ1n) is 5.23. The number of hydrogen-bond acceptors (Lipinski definition) is 3. The Hall–Kier alpha value is -0.900. The third kappa shape index (κ3) is 3.56. The molecule has 0 aliphatic carbocycles. The van der Waals surface area contributed by atoms with Crippen LogP contribution in [0.5, 0.6) is 5.75 Å². The maximum absolute atomic E-state index is 8.97. The molecule has 0 spiro atoms. The van der Waals surface area contributed by atoms with Crippen LogP contribution in [0.2, 0.25) is 0 Å². The smallest absolute Gasteiger partial charge is 0.148 e. The summed E-state index contributed by atoms with van der Waals surface area (Å²) < 4.78 is 8.35. The quantitative estimate of drug-likeness (QED) is 0.679. The lowest BCUT2D eigenvalue weighted by atomic mass is 10.2. The van der Waals surface area contributed by atoms with Gasteiger partial charge in [-0.15, -0.1) is 0 Å². The molecular weight excluding hydrogens is 440 g/mol. The van der Waals surface area contributed by atoms with E-state index in [1.807, 2.05) is 24.3 Å². The summed E-state index contributed by atoms with van der Waals surface area (Å²) in [6.45, 7) is 0.287. The van der Waals surface area contributed by atoms with Crippen LogP contribution < -0.4 is 4.74 Å². The number of rotatable bonds is 3. The summed E-state index contributed by atoms with van der Waals surface area (Å²) >= 11 is 10.3. The number of nitrogens with zero attached hydrogens (tertiary/aromatic N) is 2. The van der Waals surface area contributed by atoms with Gasteiger partial charge in [-0.1, -0.05) is 22.0 Å². The summed E-state index contributed by atoms with van der Waals surface area (Å²) in [5.74, 6) is 0.691. The normalized spacial score (nSPS) is 10.0. The van der Waals surface area contributed by atoms with Crippen LogP contribution in [0.4, 0.5) is 0 Å². The van der Waals surface area contributed by atoms with Gasteiger partial charge in [-0.2, -0.15) is 5.26 Å². The van der Waals surface area contributed by atoms with Crippen molar-refractivity contribution < 1.29 is 4.74 Å². The second-order valence-corrected chi connectivity index (χ2v) is 6.23. The summed E-state index contributed by atoms with van der Waals surface area (Å²) in [5, 5.41) is 8.97. The maximum atomic E-state index is 8.97. The van der Waals surface area contributed by atoms with Crippen molar-refractivity contribution in [1.82, 2.24) is 4.98 Å². The van der Waals surface area contributed by atoms with E-state index in [1.54, 1.807) is 12.3 Å². The van der Waals surface area contributed by atoms with Gasteiger partial charge < -0.3 is 4.74 Å². The van der Waals surface area contributed by atoms with E-state index in [9.17, 15) is 0 Å². The number of hydrogen-bond donors (Lipinski definition) is 0. The second-order valence-electron chi connectivity index (χ2n) is 3.61. The van der Waals surface area contributed by atoms with Crippen LogP contribution in [0.3, 0.4) is 0 Å². The molecular formula is C13H7Br3N2O. The van der Waals surface area contributed by atoms with E-state index in [4.69, 9.17) is 10.00 Å². The van der Waals surface area contributed by atoms with Crippen molar-refractivity contribution in [3.05, 3.63) is 55.1 Å². The molecule has 0 saturated heterocycles. The van der Waals surface area contributed by atoms with Gasteiger partial charge in [-0.05, 0) is 50.1 Å². The highest BCUT2D eigenvalue weighted by Gasteiger charge is 2.10. The lowest BCUT2D eigenvalue weighted by Gasteiger charge is -2.11. The fraction of sp³-hybridized carbons (Fsp3) is 0.0769. The first kappa shape index (κ1) is 14.5. The van der Waals surface area contributed by atoms with Gasteiger partial charge in [0, 0.05) is 16.2 Å². The minimum Gasteiger partial charge on any atom is -0.486 e. The molecule has 0 unspecified atom stereocenters. The molecule has 3 nitrogen and oxygen atoms in total. The fourth-order valence-electron chi connectivity index (χ4n) is 1.47. The van der Waals surface area contributed by atoms with Crippen LogP contribution >= 0.6 is 47.8 Å². The summed E-state index contributed by atoms with van der Waals surface area (Å²) in [7, 11) is 0. The molecule has 0 saturated carbocycles. The summed E-state index contributed by atoms with van der Waals surface area (Å²) in [4.78, 5) is 4.00. The minimum atomic E-state index is 0.287. The molecule has 0 radical (unpaired) electrons. The Morgan fingerprint density at radius 3 is 2.53 bits per heavy atom. The molecule has 0 aliphatic rings. The molecule has 0 fully saturated rings. The SMILES string of the molecule is N#Cc1ncccc1COc1c(Br)cc(Br)cc1Br. The zero-order valence-corrected chi connectivity index (χ0v) is 14.3. The van der Waals surface area contributed by atoms with Crippen molar-refractivity contribution >= 4 is 47.8 Å². The number of aromatic nitrogens is 1. The van der Waals surface area contributed by atoms with Crippen LogP contribution in [-0.4, -0.2) is 4.98 Å². The summed E-state index contributed by atoms with van der Waals surface area (Å²) in [6, 6.07) is 9.45. The van der Waals surface area contributed by atoms with Gasteiger partial charge in [-0.25, -0.2) is 4.98 Å². The molecule has 6 heteroatoms. The Kier molecular flexibility index (Phi) is 4.97. The van der Waals surface area contributed by atoms with Crippen molar-refractivity contribution in [2.45, 2.75) is 6.61 Å². The lowest BCUT2D eigenvalue weighted by molar-refractivity contribution is 0.301.